The fourth-order valence-electron chi connectivity index (χ4n) is 3.49. The summed E-state index contributed by atoms with van der Waals surface area (Å²) in [6.07, 6.45) is 0.178. The second kappa shape index (κ2) is 7.45. The third kappa shape index (κ3) is 3.40. The number of carbonyl (C=O) groups excluding carboxylic acids is 3. The highest BCUT2D eigenvalue weighted by molar-refractivity contribution is 6.43. The molecule has 2 atom stereocenters. The van der Waals surface area contributed by atoms with Crippen LogP contribution in [-0.4, -0.2) is 59.7 Å². The summed E-state index contributed by atoms with van der Waals surface area (Å²) in [6, 6.07) is 4.72. The first-order valence-electron chi connectivity index (χ1n) is 8.65. The standard InChI is InChI=1S/C18H21Cl2N3O3/c1-11-10-15(24)23(17(11)25)12(2)18(26)22-8-6-21(7-9-22)14-5-3-4-13(19)16(14)20/h3-5,11-12H,6-10H2,1-2H3. The number of imide groups is 1. The smallest absolute Gasteiger partial charge is 0.245 e. The summed E-state index contributed by atoms with van der Waals surface area (Å²) in [7, 11) is 0. The quantitative estimate of drug-likeness (QED) is 0.734. The van der Waals surface area contributed by atoms with Crippen molar-refractivity contribution >= 4 is 46.6 Å². The lowest BCUT2D eigenvalue weighted by Crippen LogP contribution is -2.55. The van der Waals surface area contributed by atoms with Crippen LogP contribution in [0.5, 0.6) is 0 Å². The van der Waals surface area contributed by atoms with Crippen LogP contribution in [0.25, 0.3) is 0 Å². The van der Waals surface area contributed by atoms with Gasteiger partial charge in [-0.1, -0.05) is 36.2 Å². The lowest BCUT2D eigenvalue weighted by molar-refractivity contribution is -0.150. The summed E-state index contributed by atoms with van der Waals surface area (Å²) >= 11 is 12.3. The molecule has 8 heteroatoms. The molecule has 0 bridgehead atoms. The molecular formula is C18H21Cl2N3O3. The van der Waals surface area contributed by atoms with Gasteiger partial charge in [-0.2, -0.15) is 0 Å². The van der Waals surface area contributed by atoms with Gasteiger partial charge in [0, 0.05) is 38.5 Å². The molecule has 0 aromatic heterocycles. The molecule has 0 N–H and O–H groups in total. The van der Waals surface area contributed by atoms with Gasteiger partial charge >= 0.3 is 0 Å². The maximum absolute atomic E-state index is 12.8. The molecule has 3 rings (SSSR count). The van der Waals surface area contributed by atoms with E-state index in [4.69, 9.17) is 23.2 Å². The fourth-order valence-corrected chi connectivity index (χ4v) is 3.91. The Kier molecular flexibility index (Phi) is 5.44. The molecule has 2 aliphatic heterocycles. The van der Waals surface area contributed by atoms with Crippen LogP contribution in [0.1, 0.15) is 20.3 Å². The minimum absolute atomic E-state index is 0.178. The van der Waals surface area contributed by atoms with Crippen LogP contribution in [0, 0.1) is 5.92 Å². The van der Waals surface area contributed by atoms with E-state index < -0.39 is 6.04 Å². The topological polar surface area (TPSA) is 60.9 Å². The van der Waals surface area contributed by atoms with Crippen LogP contribution in [-0.2, 0) is 14.4 Å². The Bertz CT molecular complexity index is 747. The zero-order chi connectivity index (χ0) is 19.0. The predicted molar refractivity (Wildman–Crippen MR) is 100 cm³/mol. The van der Waals surface area contributed by atoms with Gasteiger partial charge in [-0.05, 0) is 19.1 Å². The summed E-state index contributed by atoms with van der Waals surface area (Å²) in [6.45, 7) is 5.55. The van der Waals surface area contributed by atoms with E-state index in [1.54, 1.807) is 24.8 Å². The van der Waals surface area contributed by atoms with Gasteiger partial charge in [-0.25, -0.2) is 0 Å². The van der Waals surface area contributed by atoms with Gasteiger partial charge in [0.15, 0.2) is 0 Å². The van der Waals surface area contributed by atoms with E-state index in [9.17, 15) is 14.4 Å². The minimum atomic E-state index is -0.763. The lowest BCUT2D eigenvalue weighted by atomic mass is 10.1. The van der Waals surface area contributed by atoms with Crippen LogP contribution < -0.4 is 4.90 Å². The Morgan fingerprint density at radius 1 is 1.15 bits per heavy atom. The van der Waals surface area contributed by atoms with Crippen molar-refractivity contribution in [2.24, 2.45) is 5.92 Å². The highest BCUT2D eigenvalue weighted by Crippen LogP contribution is 2.33. The summed E-state index contributed by atoms with van der Waals surface area (Å²) in [5, 5.41) is 1.00. The number of rotatable bonds is 3. The van der Waals surface area contributed by atoms with Gasteiger partial charge in [-0.3, -0.25) is 19.3 Å². The van der Waals surface area contributed by atoms with Crippen molar-refractivity contribution in [2.45, 2.75) is 26.3 Å². The van der Waals surface area contributed by atoms with Gasteiger partial charge in [0.05, 0.1) is 15.7 Å². The van der Waals surface area contributed by atoms with Crippen LogP contribution >= 0.6 is 23.2 Å². The van der Waals surface area contributed by atoms with Crippen LogP contribution in [0.2, 0.25) is 10.0 Å². The second-order valence-electron chi connectivity index (χ2n) is 6.77. The molecule has 3 amide bonds. The SMILES string of the molecule is CC1CC(=O)N(C(C)C(=O)N2CCN(c3cccc(Cl)c3Cl)CC2)C1=O. The predicted octanol–water partition coefficient (Wildman–Crippen LogP) is 2.43. The largest absolute Gasteiger partial charge is 0.367 e. The summed E-state index contributed by atoms with van der Waals surface area (Å²) in [5.41, 5.74) is 0.845. The number of nitrogens with zero attached hydrogens (tertiary/aromatic N) is 3. The van der Waals surface area contributed by atoms with Crippen molar-refractivity contribution in [3.8, 4) is 0 Å². The zero-order valence-corrected chi connectivity index (χ0v) is 16.3. The normalized spacial score (nSPS) is 22.2. The Morgan fingerprint density at radius 3 is 2.38 bits per heavy atom. The summed E-state index contributed by atoms with van der Waals surface area (Å²) in [5.74, 6) is -1.08. The van der Waals surface area contributed by atoms with Gasteiger partial charge in [-0.15, -0.1) is 0 Å². The second-order valence-corrected chi connectivity index (χ2v) is 7.55. The molecule has 2 heterocycles. The Labute approximate surface area is 162 Å². The molecule has 0 spiro atoms. The minimum Gasteiger partial charge on any atom is -0.367 e. The van der Waals surface area contributed by atoms with E-state index in [2.05, 4.69) is 4.90 Å². The molecule has 0 saturated carbocycles. The van der Waals surface area contributed by atoms with Crippen LogP contribution in [0.4, 0.5) is 5.69 Å². The monoisotopic (exact) mass is 397 g/mol. The number of benzene rings is 1. The molecule has 6 nitrogen and oxygen atoms in total. The maximum atomic E-state index is 12.8. The molecule has 0 radical (unpaired) electrons. The molecule has 26 heavy (non-hydrogen) atoms. The van der Waals surface area contributed by atoms with Crippen molar-refractivity contribution in [2.75, 3.05) is 31.1 Å². The molecule has 140 valence electrons. The molecule has 2 unspecified atom stereocenters. The average molecular weight is 398 g/mol. The van der Waals surface area contributed by atoms with Crippen molar-refractivity contribution in [3.05, 3.63) is 28.2 Å². The number of piperazine rings is 1. The Balaban J connectivity index is 1.64. The van der Waals surface area contributed by atoms with E-state index in [1.807, 2.05) is 12.1 Å². The molecular weight excluding hydrogens is 377 g/mol. The Morgan fingerprint density at radius 2 is 1.81 bits per heavy atom. The first-order chi connectivity index (χ1) is 12.3. The number of halogens is 2. The molecule has 0 aliphatic carbocycles. The molecule has 2 saturated heterocycles. The van der Waals surface area contributed by atoms with Crippen molar-refractivity contribution < 1.29 is 14.4 Å². The third-order valence-electron chi connectivity index (χ3n) is 5.02. The molecule has 2 aliphatic rings. The van der Waals surface area contributed by atoms with Crippen molar-refractivity contribution in [1.29, 1.82) is 0 Å². The molecule has 2 fully saturated rings. The average Bonchev–Trinajstić information content (AvgIpc) is 2.88. The number of amides is 3. The number of hydrogen-bond acceptors (Lipinski definition) is 4. The Hall–Kier alpha value is -1.79. The molecule has 1 aromatic rings. The van der Waals surface area contributed by atoms with Gasteiger partial charge in [0.25, 0.3) is 0 Å². The maximum Gasteiger partial charge on any atom is 0.245 e. The fraction of sp³-hybridized carbons (Fsp3) is 0.500. The van der Waals surface area contributed by atoms with E-state index in [0.29, 0.717) is 36.2 Å². The van der Waals surface area contributed by atoms with Gasteiger partial charge in [0.2, 0.25) is 17.7 Å². The van der Waals surface area contributed by atoms with E-state index in [0.717, 1.165) is 10.6 Å². The van der Waals surface area contributed by atoms with Crippen LogP contribution in [0.15, 0.2) is 18.2 Å². The number of hydrogen-bond donors (Lipinski definition) is 0. The van der Waals surface area contributed by atoms with Crippen molar-refractivity contribution in [1.82, 2.24) is 9.80 Å². The van der Waals surface area contributed by atoms with Crippen LogP contribution in [0.3, 0.4) is 0 Å². The van der Waals surface area contributed by atoms with Gasteiger partial charge < -0.3 is 9.80 Å². The molecule has 1 aromatic carbocycles. The van der Waals surface area contributed by atoms with E-state index in [1.165, 1.54) is 0 Å². The van der Waals surface area contributed by atoms with Gasteiger partial charge in [0.1, 0.15) is 6.04 Å². The number of carbonyl (C=O) groups is 3. The van der Waals surface area contributed by atoms with Crippen molar-refractivity contribution in [3.63, 3.8) is 0 Å². The van der Waals surface area contributed by atoms with E-state index >= 15 is 0 Å². The van der Waals surface area contributed by atoms with E-state index in [-0.39, 0.29) is 30.1 Å². The summed E-state index contributed by atoms with van der Waals surface area (Å²) < 4.78 is 0. The lowest BCUT2D eigenvalue weighted by Gasteiger charge is -2.38. The number of anilines is 1. The first-order valence-corrected chi connectivity index (χ1v) is 9.40. The first kappa shape index (κ1) is 19.0. The highest BCUT2D eigenvalue weighted by atomic mass is 35.5. The third-order valence-corrected chi connectivity index (χ3v) is 5.83. The zero-order valence-electron chi connectivity index (χ0n) is 14.7. The summed E-state index contributed by atoms with van der Waals surface area (Å²) in [4.78, 5) is 41.8. The number of likely N-dealkylation sites (tertiary alicyclic amines) is 1. The highest BCUT2D eigenvalue weighted by Gasteiger charge is 2.42.